The summed E-state index contributed by atoms with van der Waals surface area (Å²) in [4.78, 5) is 0. The van der Waals surface area contributed by atoms with E-state index >= 15 is 0 Å². The monoisotopic (exact) mass is 1840 g/mol. The average molecular weight is 1850 g/mol. The van der Waals surface area contributed by atoms with Crippen LogP contribution in [-0.2, 0) is 32.5 Å². The third-order valence-electron chi connectivity index (χ3n) is 36.6. The molecule has 0 aliphatic heterocycles. The lowest BCUT2D eigenvalue weighted by Gasteiger charge is -2.40. The van der Waals surface area contributed by atoms with Gasteiger partial charge in [-0.05, 0) is 280 Å². The van der Waals surface area contributed by atoms with E-state index < -0.39 is 0 Å². The van der Waals surface area contributed by atoms with Crippen LogP contribution in [0.3, 0.4) is 0 Å². The maximum Gasteiger partial charge on any atom is 0.0221 e. The molecule has 0 spiro atoms. The molecule has 0 unspecified atom stereocenters. The number of hydrogen-bond donors (Lipinski definition) is 0. The molecule has 138 heavy (non-hydrogen) atoms. The van der Waals surface area contributed by atoms with E-state index in [2.05, 4.69) is 265 Å². The maximum absolute atomic E-state index is 2.97. The van der Waals surface area contributed by atoms with Gasteiger partial charge in [0, 0.05) is 32.5 Å². The van der Waals surface area contributed by atoms with Gasteiger partial charge in [-0.15, -0.1) is 0 Å². The van der Waals surface area contributed by atoms with Crippen molar-refractivity contribution >= 4 is 0 Å². The summed E-state index contributed by atoms with van der Waals surface area (Å²) < 4.78 is 0. The lowest BCUT2D eigenvalue weighted by Crippen LogP contribution is -2.31. The first kappa shape index (κ1) is 103. The molecule has 0 radical (unpaired) electrons. The summed E-state index contributed by atoms with van der Waals surface area (Å²) in [5, 5.41) is 0. The Kier molecular flexibility index (Phi) is 36.6. The van der Waals surface area contributed by atoms with Gasteiger partial charge in [0.05, 0.1) is 0 Å². The van der Waals surface area contributed by atoms with Crippen LogP contribution in [0, 0.1) is 0 Å². The van der Waals surface area contributed by atoms with Gasteiger partial charge in [0.2, 0.25) is 0 Å². The van der Waals surface area contributed by atoms with Crippen LogP contribution < -0.4 is 0 Å². The molecule has 10 aromatic rings. The molecule has 16 rings (SSSR count). The van der Waals surface area contributed by atoms with Crippen molar-refractivity contribution in [2.75, 3.05) is 0 Å². The second kappa shape index (κ2) is 49.0. The first-order valence-corrected chi connectivity index (χ1v) is 59.4. The highest BCUT2D eigenvalue weighted by atomic mass is 14.6. The Morgan fingerprint density at radius 2 is 0.275 bits per heavy atom. The predicted molar refractivity (Wildman–Crippen MR) is 605 cm³/mol. The minimum Gasteiger partial charge on any atom is -0.0654 e. The van der Waals surface area contributed by atoms with Crippen LogP contribution in [0.25, 0.3) is 100 Å². The fourth-order valence-corrected chi connectivity index (χ4v) is 29.5. The summed E-state index contributed by atoms with van der Waals surface area (Å²) in [5.41, 5.74) is 47.1. The second-order valence-electron chi connectivity index (χ2n) is 45.7. The molecule has 0 heterocycles. The minimum absolute atomic E-state index is 0.00336. The maximum atomic E-state index is 2.97. The van der Waals surface area contributed by atoms with Crippen LogP contribution in [0.1, 0.15) is 535 Å². The van der Waals surface area contributed by atoms with Crippen molar-refractivity contribution in [1.29, 1.82) is 0 Å². The first-order chi connectivity index (χ1) is 67.9. The van der Waals surface area contributed by atoms with Crippen molar-refractivity contribution in [2.45, 2.75) is 501 Å². The molecule has 0 N–H and O–H groups in total. The molecule has 0 saturated heterocycles. The molecule has 0 heteroatoms. The van der Waals surface area contributed by atoms with Gasteiger partial charge in [0.15, 0.2) is 0 Å². The van der Waals surface area contributed by atoms with Crippen molar-refractivity contribution < 1.29 is 0 Å². The number of unbranched alkanes of at least 4 members (excludes halogenated alkanes) is 36. The highest BCUT2D eigenvalue weighted by Gasteiger charge is 2.59. The first-order valence-electron chi connectivity index (χ1n) is 59.4. The number of rotatable bonds is 63. The Hall–Kier alpha value is -7.80. The van der Waals surface area contributed by atoms with E-state index in [-0.39, 0.29) is 32.5 Å². The van der Waals surface area contributed by atoms with E-state index in [9.17, 15) is 0 Å². The summed E-state index contributed by atoms with van der Waals surface area (Å²) in [6.45, 7) is 29.3. The van der Waals surface area contributed by atoms with Gasteiger partial charge in [-0.1, -0.05) is 537 Å². The molecule has 0 aromatic heterocycles. The van der Waals surface area contributed by atoms with Gasteiger partial charge < -0.3 is 0 Å². The summed E-state index contributed by atoms with van der Waals surface area (Å²) in [6, 6.07) is 79.4. The largest absolute Gasteiger partial charge is 0.0654 e. The molecule has 0 nitrogen and oxygen atoms in total. The van der Waals surface area contributed by atoms with Crippen molar-refractivity contribution in [2.24, 2.45) is 0 Å². The van der Waals surface area contributed by atoms with E-state index in [0.29, 0.717) is 0 Å². The molecule has 0 bridgehead atoms. The Morgan fingerprint density at radius 3 is 0.449 bits per heavy atom. The zero-order chi connectivity index (χ0) is 96.0. The van der Waals surface area contributed by atoms with Crippen LogP contribution in [-0.4, -0.2) is 0 Å². The van der Waals surface area contributed by atoms with Gasteiger partial charge in [0.25, 0.3) is 0 Å². The van der Waals surface area contributed by atoms with Gasteiger partial charge in [-0.25, -0.2) is 0 Å². The number of fused-ring (bicyclic) bond motifs is 21. The second-order valence-corrected chi connectivity index (χ2v) is 45.7. The normalized spacial score (nSPS) is 15.3. The Balaban J connectivity index is 1.02. The summed E-state index contributed by atoms with van der Waals surface area (Å²) in [5.74, 6) is 0. The van der Waals surface area contributed by atoms with Crippen molar-refractivity contribution in [3.05, 3.63) is 249 Å². The molecule has 0 amide bonds. The third kappa shape index (κ3) is 20.4. The van der Waals surface area contributed by atoms with Crippen LogP contribution >= 0.6 is 0 Å². The number of benzene rings is 10. The fourth-order valence-electron chi connectivity index (χ4n) is 29.5. The molecule has 0 atom stereocenters. The standard InChI is InChI=1S/C138H186/c1-13-25-37-55-85-133(86-56-38-26-14-2)118-70-52-49-67-109(118)112-79-73-103(97-121(112)133)106-76-82-115-124(100-106)136(91-61-43-31-19-7,92-62-44-32-20-8)130-127(115)131-129(117-84-78-108(102-126(117)137(131,93-63-45-33-21-9)94-64-46-34-22-10)105-75-81-114-111-69-51-54-72-120(111)135(123(114)99-105,89-59-41-29-17-5)90-60-42-30-18-6)132-128(130)116-83-77-107(101-125(116)138(132,95-65-47-35-23-11)96-66-48-36-24-12)104-74-80-113-110-68-50-53-71-119(110)134(122(113)98-104,87-57-39-27-15-3)88-58-40-28-16-4/h49-54,67-84,97-102H,13-48,55-66,85-96H2,1-12H3. The van der Waals surface area contributed by atoms with Crippen LogP contribution in [0.5, 0.6) is 0 Å². The van der Waals surface area contributed by atoms with E-state index in [1.54, 1.807) is 100 Å². The zero-order valence-electron chi connectivity index (χ0n) is 89.7. The SMILES string of the molecule is CCCCCCC1(CCCCCC)c2ccccc2-c2ccc(-c3ccc4c(c3)C(CCCCCC)(CCCCCC)c3c-4c4c(c5c3-c3ccc(-c6ccc7c(c6)C(CCCCCC)(CCCCCC)c6ccccc6-7)cc3C5(CCCCCC)CCCCCC)-c3ccc(-c5ccc6c(c5)C(CCCCCC)(CCCCCC)c5ccccc5-6)cc3C4(CCCCCC)CCCCCC)cc21. The minimum atomic E-state index is -0.239. The quantitative estimate of drug-likeness (QED) is 0.0333. The lowest BCUT2D eigenvalue weighted by atomic mass is 9.63. The number of hydrogen-bond acceptors (Lipinski definition) is 0. The predicted octanol–water partition coefficient (Wildman–Crippen LogP) is 43.9. The molecule has 738 valence electrons. The Bertz CT molecular complexity index is 4960. The molecule has 10 aromatic carbocycles. The highest BCUT2D eigenvalue weighted by Crippen LogP contribution is 2.73. The van der Waals surface area contributed by atoms with Crippen LogP contribution in [0.2, 0.25) is 0 Å². The van der Waals surface area contributed by atoms with E-state index in [1.165, 1.54) is 452 Å². The van der Waals surface area contributed by atoms with Crippen molar-refractivity contribution in [3.8, 4) is 100 Å². The van der Waals surface area contributed by atoms with Crippen molar-refractivity contribution in [3.63, 3.8) is 0 Å². The average Bonchev–Trinajstić information content (AvgIpc) is 1.48. The Labute approximate surface area is 843 Å². The molecule has 6 aliphatic carbocycles. The van der Waals surface area contributed by atoms with E-state index in [4.69, 9.17) is 0 Å². The smallest absolute Gasteiger partial charge is 0.0221 e. The molecular weight excluding hydrogens is 1660 g/mol. The van der Waals surface area contributed by atoms with E-state index in [0.717, 1.165) is 0 Å². The molecule has 0 saturated carbocycles. The third-order valence-corrected chi connectivity index (χ3v) is 36.6. The van der Waals surface area contributed by atoms with Crippen LogP contribution in [0.15, 0.2) is 182 Å². The Morgan fingerprint density at radius 1 is 0.130 bits per heavy atom. The zero-order valence-corrected chi connectivity index (χ0v) is 89.7. The molecule has 6 aliphatic rings. The molecular formula is C138H186. The van der Waals surface area contributed by atoms with Crippen molar-refractivity contribution in [1.82, 2.24) is 0 Å². The van der Waals surface area contributed by atoms with Crippen LogP contribution in [0.4, 0.5) is 0 Å². The molecule has 0 fully saturated rings. The summed E-state index contributed by atoms with van der Waals surface area (Å²) in [6.07, 6.45) is 75.8. The summed E-state index contributed by atoms with van der Waals surface area (Å²) in [7, 11) is 0. The highest BCUT2D eigenvalue weighted by molar-refractivity contribution is 6.06. The fraction of sp³-hybridized carbons (Fsp3) is 0.565. The summed E-state index contributed by atoms with van der Waals surface area (Å²) >= 11 is 0. The van der Waals surface area contributed by atoms with E-state index in [1.807, 2.05) is 0 Å². The van der Waals surface area contributed by atoms with Gasteiger partial charge in [0.1, 0.15) is 0 Å². The topological polar surface area (TPSA) is 0 Å². The van der Waals surface area contributed by atoms with Gasteiger partial charge in [-0.2, -0.15) is 0 Å². The van der Waals surface area contributed by atoms with Gasteiger partial charge >= 0.3 is 0 Å². The lowest BCUT2D eigenvalue weighted by molar-refractivity contribution is 0.389. The van der Waals surface area contributed by atoms with Gasteiger partial charge in [-0.3, -0.25) is 0 Å².